The molecular formula is C24H46O4. The van der Waals surface area contributed by atoms with Gasteiger partial charge in [-0.05, 0) is 46.0 Å². The lowest BCUT2D eigenvalue weighted by Gasteiger charge is -2.17. The Morgan fingerprint density at radius 1 is 0.643 bits per heavy atom. The van der Waals surface area contributed by atoms with E-state index in [0.29, 0.717) is 12.8 Å². The van der Waals surface area contributed by atoms with E-state index in [-0.39, 0.29) is 24.1 Å². The fourth-order valence-electron chi connectivity index (χ4n) is 3.35. The highest BCUT2D eigenvalue weighted by atomic mass is 16.5. The topological polar surface area (TPSA) is 52.6 Å². The second kappa shape index (κ2) is 19.3. The Kier molecular flexibility index (Phi) is 18.5. The Hall–Kier alpha value is -1.06. The van der Waals surface area contributed by atoms with Crippen molar-refractivity contribution in [2.75, 3.05) is 0 Å². The molecule has 0 unspecified atom stereocenters. The number of esters is 2. The van der Waals surface area contributed by atoms with Crippen molar-refractivity contribution in [1.82, 2.24) is 0 Å². The molecule has 4 nitrogen and oxygen atoms in total. The van der Waals surface area contributed by atoms with Crippen molar-refractivity contribution in [2.24, 2.45) is 0 Å². The molecule has 0 aliphatic rings. The first-order valence-corrected chi connectivity index (χ1v) is 11.9. The van der Waals surface area contributed by atoms with E-state index in [0.717, 1.165) is 32.1 Å². The molecule has 0 aromatic rings. The highest BCUT2D eigenvalue weighted by molar-refractivity contribution is 5.69. The second-order valence-corrected chi connectivity index (χ2v) is 8.22. The van der Waals surface area contributed by atoms with Crippen LogP contribution in [-0.4, -0.2) is 24.1 Å². The molecule has 28 heavy (non-hydrogen) atoms. The predicted molar refractivity (Wildman–Crippen MR) is 116 cm³/mol. The molecule has 0 fully saturated rings. The van der Waals surface area contributed by atoms with Gasteiger partial charge in [-0.25, -0.2) is 0 Å². The molecule has 0 rings (SSSR count). The van der Waals surface area contributed by atoms with Gasteiger partial charge in [-0.1, -0.05) is 71.6 Å². The Bertz CT molecular complexity index is 379. The number of unbranched alkanes of at least 4 members (excludes halogenated alkanes) is 10. The fraction of sp³-hybridized carbons (Fsp3) is 0.917. The van der Waals surface area contributed by atoms with Crippen LogP contribution in [0.2, 0.25) is 0 Å². The summed E-state index contributed by atoms with van der Waals surface area (Å²) in [6, 6.07) is 0. The molecule has 0 aliphatic carbocycles. The number of hydrogen-bond donors (Lipinski definition) is 0. The van der Waals surface area contributed by atoms with Crippen LogP contribution in [0.1, 0.15) is 130 Å². The Labute approximate surface area is 174 Å². The molecule has 0 heterocycles. The summed E-state index contributed by atoms with van der Waals surface area (Å²) in [5.74, 6) is -0.124. The largest absolute Gasteiger partial charge is 0.463 e. The zero-order chi connectivity index (χ0) is 21.0. The average molecular weight is 399 g/mol. The summed E-state index contributed by atoms with van der Waals surface area (Å²) in [5, 5.41) is 0. The average Bonchev–Trinajstić information content (AvgIpc) is 2.65. The Balaban J connectivity index is 3.64. The lowest BCUT2D eigenvalue weighted by molar-refractivity contribution is -0.149. The molecule has 0 bridgehead atoms. The Morgan fingerprint density at radius 2 is 1.14 bits per heavy atom. The van der Waals surface area contributed by atoms with E-state index in [1.54, 1.807) is 0 Å². The normalized spacial score (nSPS) is 12.2. The van der Waals surface area contributed by atoms with Gasteiger partial charge in [0.25, 0.3) is 0 Å². The second-order valence-electron chi connectivity index (χ2n) is 8.22. The molecule has 0 saturated carbocycles. The first-order valence-electron chi connectivity index (χ1n) is 11.9. The van der Waals surface area contributed by atoms with E-state index in [2.05, 4.69) is 6.92 Å². The van der Waals surface area contributed by atoms with Gasteiger partial charge >= 0.3 is 11.9 Å². The molecule has 0 saturated heterocycles. The van der Waals surface area contributed by atoms with Crippen LogP contribution in [0.3, 0.4) is 0 Å². The van der Waals surface area contributed by atoms with Crippen LogP contribution >= 0.6 is 0 Å². The van der Waals surface area contributed by atoms with Gasteiger partial charge in [0.05, 0.1) is 6.10 Å². The summed E-state index contributed by atoms with van der Waals surface area (Å²) in [7, 11) is 0. The van der Waals surface area contributed by atoms with E-state index in [4.69, 9.17) is 9.47 Å². The molecule has 1 atom stereocenters. The van der Waals surface area contributed by atoms with Crippen molar-refractivity contribution in [3.8, 4) is 0 Å². The van der Waals surface area contributed by atoms with Crippen molar-refractivity contribution in [3.63, 3.8) is 0 Å². The third-order valence-electron chi connectivity index (χ3n) is 4.99. The maximum absolute atomic E-state index is 11.6. The molecule has 0 aromatic heterocycles. The first-order chi connectivity index (χ1) is 13.5. The van der Waals surface area contributed by atoms with Crippen molar-refractivity contribution in [3.05, 3.63) is 0 Å². The summed E-state index contributed by atoms with van der Waals surface area (Å²) in [4.78, 5) is 23.1. The lowest BCUT2D eigenvalue weighted by atomic mass is 10.0. The van der Waals surface area contributed by atoms with Gasteiger partial charge in [0.1, 0.15) is 6.10 Å². The van der Waals surface area contributed by atoms with Gasteiger partial charge < -0.3 is 9.47 Å². The molecule has 0 aromatic carbocycles. The summed E-state index contributed by atoms with van der Waals surface area (Å²) in [5.41, 5.74) is 0. The van der Waals surface area contributed by atoms with Crippen molar-refractivity contribution in [2.45, 2.75) is 143 Å². The molecule has 0 N–H and O–H groups in total. The minimum Gasteiger partial charge on any atom is -0.463 e. The van der Waals surface area contributed by atoms with Crippen LogP contribution in [0, 0.1) is 0 Å². The van der Waals surface area contributed by atoms with Crippen molar-refractivity contribution in [1.29, 1.82) is 0 Å². The van der Waals surface area contributed by atoms with E-state index in [1.807, 2.05) is 20.8 Å². The summed E-state index contributed by atoms with van der Waals surface area (Å²) in [6.45, 7) is 7.86. The minimum absolute atomic E-state index is 0.00562. The van der Waals surface area contributed by atoms with E-state index >= 15 is 0 Å². The van der Waals surface area contributed by atoms with Crippen molar-refractivity contribution >= 4 is 11.9 Å². The zero-order valence-electron chi connectivity index (χ0n) is 19.1. The SMILES string of the molecule is CCCCCC[C@@H](CCCCCCCCCCC(=O)OC(C)C)OC(=O)CC. The molecule has 0 spiro atoms. The van der Waals surface area contributed by atoms with E-state index in [1.165, 1.54) is 57.8 Å². The first kappa shape index (κ1) is 26.9. The third-order valence-corrected chi connectivity index (χ3v) is 4.99. The zero-order valence-corrected chi connectivity index (χ0v) is 19.1. The standard InChI is InChI=1S/C24H46O4/c1-5-7-8-15-18-22(28-23(25)6-2)19-16-13-11-9-10-12-14-17-20-24(26)27-21(3)4/h21-22H,5-20H2,1-4H3/t22-/m0/s1. The van der Waals surface area contributed by atoms with Crippen LogP contribution in [0.5, 0.6) is 0 Å². The van der Waals surface area contributed by atoms with Gasteiger partial charge in [-0.15, -0.1) is 0 Å². The smallest absolute Gasteiger partial charge is 0.306 e. The van der Waals surface area contributed by atoms with Crippen LogP contribution in [-0.2, 0) is 19.1 Å². The molecule has 4 heteroatoms. The van der Waals surface area contributed by atoms with Gasteiger partial charge in [-0.2, -0.15) is 0 Å². The van der Waals surface area contributed by atoms with Crippen LogP contribution < -0.4 is 0 Å². The molecule has 166 valence electrons. The molecular weight excluding hydrogens is 352 g/mol. The molecule has 0 aliphatic heterocycles. The molecule has 0 amide bonds. The van der Waals surface area contributed by atoms with Gasteiger partial charge in [0.15, 0.2) is 0 Å². The van der Waals surface area contributed by atoms with E-state index in [9.17, 15) is 9.59 Å². The fourth-order valence-corrected chi connectivity index (χ4v) is 3.35. The van der Waals surface area contributed by atoms with Crippen LogP contribution in [0.25, 0.3) is 0 Å². The summed E-state index contributed by atoms with van der Waals surface area (Å²) in [6.07, 6.45) is 17.4. The summed E-state index contributed by atoms with van der Waals surface area (Å²) < 4.78 is 10.8. The highest BCUT2D eigenvalue weighted by Gasteiger charge is 2.12. The van der Waals surface area contributed by atoms with Gasteiger partial charge in [0.2, 0.25) is 0 Å². The highest BCUT2D eigenvalue weighted by Crippen LogP contribution is 2.17. The van der Waals surface area contributed by atoms with Crippen LogP contribution in [0.4, 0.5) is 0 Å². The van der Waals surface area contributed by atoms with Crippen LogP contribution in [0.15, 0.2) is 0 Å². The molecule has 0 radical (unpaired) electrons. The number of carbonyl (C=O) groups excluding carboxylic acids is 2. The Morgan fingerprint density at radius 3 is 1.64 bits per heavy atom. The number of carbonyl (C=O) groups is 2. The monoisotopic (exact) mass is 398 g/mol. The summed E-state index contributed by atoms with van der Waals surface area (Å²) >= 11 is 0. The number of ether oxygens (including phenoxy) is 2. The van der Waals surface area contributed by atoms with Gasteiger partial charge in [-0.3, -0.25) is 9.59 Å². The maximum atomic E-state index is 11.6. The number of hydrogen-bond acceptors (Lipinski definition) is 4. The van der Waals surface area contributed by atoms with Crippen molar-refractivity contribution < 1.29 is 19.1 Å². The third kappa shape index (κ3) is 18.3. The predicted octanol–water partition coefficient (Wildman–Crippen LogP) is 7.13. The number of rotatable bonds is 19. The van der Waals surface area contributed by atoms with E-state index < -0.39 is 0 Å². The lowest BCUT2D eigenvalue weighted by Crippen LogP contribution is -2.17. The quantitative estimate of drug-likeness (QED) is 0.171. The minimum atomic E-state index is -0.0666. The maximum Gasteiger partial charge on any atom is 0.306 e. The van der Waals surface area contributed by atoms with Gasteiger partial charge in [0, 0.05) is 12.8 Å².